The van der Waals surface area contributed by atoms with E-state index in [1.807, 2.05) is 0 Å². The Kier molecular flexibility index (Phi) is 12.8. The summed E-state index contributed by atoms with van der Waals surface area (Å²) in [7, 11) is 0. The van der Waals surface area contributed by atoms with Crippen LogP contribution in [-0.4, -0.2) is 106 Å². The molecule has 17 heteroatoms. The quantitative estimate of drug-likeness (QED) is 0.0654. The highest BCUT2D eigenvalue weighted by Gasteiger charge is 2.47. The Hall–Kier alpha value is -6.00. The maximum Gasteiger partial charge on any atom is 0.326 e. The summed E-state index contributed by atoms with van der Waals surface area (Å²) in [6, 6.07) is 12.2. The van der Waals surface area contributed by atoms with Crippen molar-refractivity contribution in [3.8, 4) is 0 Å². The lowest BCUT2D eigenvalue weighted by Gasteiger charge is -2.45. The number of aliphatic imine (C=N–C) groups is 1. The minimum atomic E-state index is -1.70. The van der Waals surface area contributed by atoms with Gasteiger partial charge in [-0.3, -0.25) is 33.8 Å². The van der Waals surface area contributed by atoms with Crippen LogP contribution in [0.2, 0.25) is 0 Å². The number of piperazine rings is 1. The van der Waals surface area contributed by atoms with Crippen LogP contribution >= 0.6 is 0 Å². The Labute approximate surface area is 287 Å². The molecular weight excluding hydrogens is 650 g/mol. The predicted octanol–water partition coefficient (Wildman–Crippen LogP) is -2.07. The zero-order chi connectivity index (χ0) is 36.2. The Morgan fingerprint density at radius 1 is 0.760 bits per heavy atom. The summed E-state index contributed by atoms with van der Waals surface area (Å²) >= 11 is 0. The molecule has 5 rings (SSSR count). The first-order chi connectivity index (χ1) is 23.9. The fourth-order valence-corrected chi connectivity index (χ4v) is 5.69. The van der Waals surface area contributed by atoms with E-state index in [1.54, 1.807) is 60.7 Å². The summed E-state index contributed by atoms with van der Waals surface area (Å²) in [4.78, 5) is 99.5. The number of amides is 6. The fourth-order valence-electron chi connectivity index (χ4n) is 5.69. The third-order valence-electron chi connectivity index (χ3n) is 8.19. The van der Waals surface area contributed by atoms with Crippen LogP contribution in [0, 0.1) is 0 Å². The van der Waals surface area contributed by atoms with Gasteiger partial charge in [-0.25, -0.2) is 4.79 Å². The summed E-state index contributed by atoms with van der Waals surface area (Å²) in [6.07, 6.45) is -0.989. The monoisotopic (exact) mass is 691 g/mol. The topological polar surface area (TPSA) is 259 Å². The fraction of sp³-hybridized carbons (Fsp3) is 0.394. The zero-order valence-electron chi connectivity index (χ0n) is 27.2. The van der Waals surface area contributed by atoms with Crippen molar-refractivity contribution in [1.29, 1.82) is 0 Å². The van der Waals surface area contributed by atoms with E-state index < -0.39 is 85.0 Å². The van der Waals surface area contributed by atoms with Crippen LogP contribution in [0.5, 0.6) is 0 Å². The Bertz CT molecular complexity index is 1600. The number of carboxylic acid groups (broad SMARTS) is 1. The third-order valence-corrected chi connectivity index (χ3v) is 8.19. The molecule has 0 aliphatic carbocycles. The maximum atomic E-state index is 14.4. The van der Waals surface area contributed by atoms with Gasteiger partial charge in [0, 0.05) is 26.2 Å². The number of hydrogen-bond acceptors (Lipinski definition) is 8. The number of fused-ring (bicyclic) bond motifs is 15. The van der Waals surface area contributed by atoms with Crippen molar-refractivity contribution in [2.75, 3.05) is 19.6 Å². The van der Waals surface area contributed by atoms with Gasteiger partial charge in [0.25, 0.3) is 0 Å². The van der Waals surface area contributed by atoms with Crippen LogP contribution in [0.3, 0.4) is 0 Å². The molecule has 0 saturated carbocycles. The van der Waals surface area contributed by atoms with E-state index >= 15 is 0 Å². The summed E-state index contributed by atoms with van der Waals surface area (Å²) in [6.45, 7) is -0.884. The number of nitrogens with two attached hydrogens (primary N) is 2. The maximum absolute atomic E-state index is 14.4. The van der Waals surface area contributed by atoms with E-state index in [0.717, 1.165) is 0 Å². The highest BCUT2D eigenvalue weighted by Crippen LogP contribution is 2.25. The number of rotatable bonds is 9. The minimum absolute atomic E-state index is 0.0418. The lowest BCUT2D eigenvalue weighted by atomic mass is 9.98. The molecule has 17 nitrogen and oxygen atoms in total. The van der Waals surface area contributed by atoms with Crippen molar-refractivity contribution in [3.05, 3.63) is 71.8 Å². The Balaban J connectivity index is 1.74. The summed E-state index contributed by atoms with van der Waals surface area (Å²) in [5, 5.41) is 19.6. The minimum Gasteiger partial charge on any atom is -0.480 e. The number of guanidine groups is 1. The number of hydrogen-bond donors (Lipinski definition) is 7. The number of carboxylic acids is 1. The van der Waals surface area contributed by atoms with Crippen molar-refractivity contribution in [2.45, 2.75) is 62.9 Å². The predicted molar refractivity (Wildman–Crippen MR) is 178 cm³/mol. The summed E-state index contributed by atoms with van der Waals surface area (Å²) in [5.74, 6) is -6.03. The van der Waals surface area contributed by atoms with E-state index in [1.165, 1.54) is 9.80 Å². The number of nitrogens with one attached hydrogen (secondary N) is 4. The second-order valence-electron chi connectivity index (χ2n) is 11.9. The van der Waals surface area contributed by atoms with E-state index in [-0.39, 0.29) is 45.0 Å². The number of aliphatic carboxylic acids is 1. The molecule has 3 fully saturated rings. The Morgan fingerprint density at radius 3 is 1.92 bits per heavy atom. The normalized spacial score (nSPS) is 22.4. The van der Waals surface area contributed by atoms with Crippen molar-refractivity contribution in [1.82, 2.24) is 31.1 Å². The summed E-state index contributed by atoms with van der Waals surface area (Å²) in [5.41, 5.74) is 12.1. The molecule has 50 heavy (non-hydrogen) atoms. The first-order valence-corrected chi connectivity index (χ1v) is 16.0. The zero-order valence-corrected chi connectivity index (χ0v) is 27.2. The van der Waals surface area contributed by atoms with Crippen LogP contribution in [0.15, 0.2) is 65.7 Å². The van der Waals surface area contributed by atoms with Crippen LogP contribution in [-0.2, 0) is 46.7 Å². The number of benzene rings is 2. The Morgan fingerprint density at radius 2 is 1.34 bits per heavy atom. The molecule has 3 aliphatic rings. The molecule has 0 spiro atoms. The van der Waals surface area contributed by atoms with Crippen LogP contribution in [0.1, 0.15) is 36.8 Å². The van der Waals surface area contributed by atoms with Crippen LogP contribution < -0.4 is 32.7 Å². The number of carbonyl (C=O) groups is 7. The molecule has 0 radical (unpaired) electrons. The van der Waals surface area contributed by atoms with E-state index in [4.69, 9.17) is 11.5 Å². The van der Waals surface area contributed by atoms with Gasteiger partial charge < -0.3 is 47.6 Å². The SMILES string of the molecule is NC(N)=NCCC[C@@H]1NC(=O)CNC(=O)C[C@@H](C(=O)O)NC(=O)C[C@@H]2C(=O)N(Cc3ccccc3)[C@@H](CNC1=O)C(=O)N2Cc1ccccc1. The molecule has 0 aromatic heterocycles. The van der Waals surface area contributed by atoms with Gasteiger partial charge in [-0.15, -0.1) is 0 Å². The molecule has 4 atom stereocenters. The van der Waals surface area contributed by atoms with Crippen molar-refractivity contribution >= 4 is 47.4 Å². The molecule has 3 saturated heterocycles. The van der Waals surface area contributed by atoms with Gasteiger partial charge in [0.2, 0.25) is 35.4 Å². The van der Waals surface area contributed by atoms with Gasteiger partial charge in [-0.2, -0.15) is 0 Å². The lowest BCUT2D eigenvalue weighted by molar-refractivity contribution is -0.164. The smallest absolute Gasteiger partial charge is 0.326 e. The average Bonchev–Trinajstić information content (AvgIpc) is 3.08. The summed E-state index contributed by atoms with van der Waals surface area (Å²) < 4.78 is 0. The van der Waals surface area contributed by atoms with Gasteiger partial charge in [0.1, 0.15) is 24.2 Å². The number of nitrogens with zero attached hydrogens (tertiary/aromatic N) is 3. The van der Waals surface area contributed by atoms with E-state index in [9.17, 15) is 38.7 Å². The number of carbonyl (C=O) groups excluding carboxylic acids is 6. The van der Waals surface area contributed by atoms with Gasteiger partial charge in [-0.05, 0) is 24.0 Å². The van der Waals surface area contributed by atoms with Gasteiger partial charge in [-0.1, -0.05) is 60.7 Å². The van der Waals surface area contributed by atoms with E-state index in [2.05, 4.69) is 26.3 Å². The van der Waals surface area contributed by atoms with Crippen molar-refractivity contribution < 1.29 is 38.7 Å². The molecule has 2 aromatic rings. The van der Waals surface area contributed by atoms with Crippen molar-refractivity contribution in [2.24, 2.45) is 16.5 Å². The third kappa shape index (κ3) is 10.2. The van der Waals surface area contributed by atoms with Crippen molar-refractivity contribution in [3.63, 3.8) is 0 Å². The molecule has 3 heterocycles. The molecule has 266 valence electrons. The first-order valence-electron chi connectivity index (χ1n) is 16.0. The molecular formula is C33H41N9O8. The highest BCUT2D eigenvalue weighted by molar-refractivity contribution is 6.00. The van der Waals surface area contributed by atoms with Crippen LogP contribution in [0.25, 0.3) is 0 Å². The highest BCUT2D eigenvalue weighted by atomic mass is 16.4. The standard InChI is InChI=1S/C33H41N9O8/c34-33(35)36-13-7-12-22-29(46)38-16-25-31(48)41(18-20-8-3-1-4-9-20)24(30(47)42(25)19-21-10-5-2-6-11-21)15-27(44)40-23(32(49)50)14-26(43)37-17-28(45)39-22/h1-6,8-11,22-25H,7,12-19H2,(H,37,43)(H,38,46)(H,39,45)(H,40,44)(H,49,50)(H4,34,35,36)/t22-,23-,24+,25-/m0/s1. The largest absolute Gasteiger partial charge is 0.480 e. The lowest BCUT2D eigenvalue weighted by Crippen LogP contribution is -2.67. The van der Waals surface area contributed by atoms with Crippen LogP contribution in [0.4, 0.5) is 0 Å². The molecule has 2 aromatic carbocycles. The van der Waals surface area contributed by atoms with Gasteiger partial charge in [0.05, 0.1) is 19.4 Å². The second kappa shape index (κ2) is 17.4. The molecule has 6 amide bonds. The molecule has 9 N–H and O–H groups in total. The van der Waals surface area contributed by atoms with Gasteiger partial charge >= 0.3 is 5.97 Å². The molecule has 3 aliphatic heterocycles. The van der Waals surface area contributed by atoms with E-state index in [0.29, 0.717) is 11.1 Å². The average molecular weight is 692 g/mol. The molecule has 2 bridgehead atoms. The van der Waals surface area contributed by atoms with Gasteiger partial charge in [0.15, 0.2) is 5.96 Å². The first kappa shape index (κ1) is 36.8. The molecule has 0 unspecified atom stereocenters. The second-order valence-corrected chi connectivity index (χ2v) is 11.9.